The van der Waals surface area contributed by atoms with Crippen molar-refractivity contribution in [3.05, 3.63) is 36.0 Å². The Labute approximate surface area is 143 Å². The van der Waals surface area contributed by atoms with E-state index in [2.05, 4.69) is 51.5 Å². The van der Waals surface area contributed by atoms with E-state index in [1.165, 1.54) is 57.3 Å². The van der Waals surface area contributed by atoms with Crippen LogP contribution in [0.25, 0.3) is 0 Å². The van der Waals surface area contributed by atoms with Crippen LogP contribution in [0, 0.1) is 0 Å². The number of aromatic nitrogens is 2. The minimum atomic E-state index is 0.0223. The quantitative estimate of drug-likeness (QED) is 0.876. The predicted molar refractivity (Wildman–Crippen MR) is 95.4 cm³/mol. The molecule has 5 nitrogen and oxygen atoms in total. The van der Waals surface area contributed by atoms with Crippen LogP contribution in [0.5, 0.6) is 0 Å². The van der Waals surface area contributed by atoms with Gasteiger partial charge in [0, 0.05) is 30.4 Å². The number of hydrogen-bond acceptors (Lipinski definition) is 5. The highest BCUT2D eigenvalue weighted by atomic mass is 16.5. The maximum atomic E-state index is 5.40. The topological polar surface area (TPSA) is 54.2 Å². The molecule has 1 saturated carbocycles. The SMILES string of the molecule is C[C@H](Nc1ccc(N2CCCCCC2)cc1)c1nc(C2CC2)no1. The first kappa shape index (κ1) is 15.5. The molecule has 1 atom stereocenters. The second-order valence-electron chi connectivity index (χ2n) is 7.08. The highest BCUT2D eigenvalue weighted by molar-refractivity contribution is 5.55. The minimum Gasteiger partial charge on any atom is -0.374 e. The second-order valence-corrected chi connectivity index (χ2v) is 7.08. The lowest BCUT2D eigenvalue weighted by Crippen LogP contribution is -2.23. The molecular weight excluding hydrogens is 300 g/mol. The van der Waals surface area contributed by atoms with E-state index < -0.39 is 0 Å². The van der Waals surface area contributed by atoms with Crippen molar-refractivity contribution in [1.82, 2.24) is 10.1 Å². The van der Waals surface area contributed by atoms with E-state index in [0.29, 0.717) is 11.8 Å². The minimum absolute atomic E-state index is 0.0223. The van der Waals surface area contributed by atoms with E-state index in [0.717, 1.165) is 11.5 Å². The molecule has 2 aliphatic rings. The first-order chi connectivity index (χ1) is 11.8. The molecule has 2 fully saturated rings. The molecule has 1 aromatic heterocycles. The zero-order chi connectivity index (χ0) is 16.4. The van der Waals surface area contributed by atoms with E-state index >= 15 is 0 Å². The summed E-state index contributed by atoms with van der Waals surface area (Å²) in [4.78, 5) is 7.02. The molecule has 1 N–H and O–H groups in total. The van der Waals surface area contributed by atoms with Crippen LogP contribution in [-0.4, -0.2) is 23.2 Å². The number of anilines is 2. The summed E-state index contributed by atoms with van der Waals surface area (Å²) in [6.07, 6.45) is 7.72. The van der Waals surface area contributed by atoms with Gasteiger partial charge in [-0.3, -0.25) is 0 Å². The Morgan fingerprint density at radius 1 is 1.08 bits per heavy atom. The largest absolute Gasteiger partial charge is 0.374 e. The van der Waals surface area contributed by atoms with E-state index in [1.807, 2.05) is 0 Å². The molecule has 0 unspecified atom stereocenters. The standard InChI is InChI=1S/C19H26N4O/c1-14(19-21-18(22-24-19)15-6-7-15)20-16-8-10-17(11-9-16)23-12-4-2-3-5-13-23/h8-11,14-15,20H,2-7,12-13H2,1H3/t14-/m0/s1. The molecule has 0 amide bonds. The summed E-state index contributed by atoms with van der Waals surface area (Å²) < 4.78 is 5.40. The molecule has 4 rings (SSSR count). The van der Waals surface area contributed by atoms with Gasteiger partial charge in [0.25, 0.3) is 0 Å². The predicted octanol–water partition coefficient (Wildman–Crippen LogP) is 4.50. The Hall–Kier alpha value is -2.04. The smallest absolute Gasteiger partial charge is 0.248 e. The Morgan fingerprint density at radius 2 is 1.79 bits per heavy atom. The first-order valence-corrected chi connectivity index (χ1v) is 9.24. The fraction of sp³-hybridized carbons (Fsp3) is 0.579. The highest BCUT2D eigenvalue weighted by Gasteiger charge is 2.29. The summed E-state index contributed by atoms with van der Waals surface area (Å²) in [7, 11) is 0. The normalized spacial score (nSPS) is 19.8. The summed E-state index contributed by atoms with van der Waals surface area (Å²) in [5.41, 5.74) is 2.41. The summed E-state index contributed by atoms with van der Waals surface area (Å²) in [6, 6.07) is 8.74. The van der Waals surface area contributed by atoms with Crippen molar-refractivity contribution in [2.75, 3.05) is 23.3 Å². The van der Waals surface area contributed by atoms with Gasteiger partial charge in [-0.15, -0.1) is 0 Å². The van der Waals surface area contributed by atoms with E-state index in [1.54, 1.807) is 0 Å². The van der Waals surface area contributed by atoms with Crippen molar-refractivity contribution in [3.63, 3.8) is 0 Å². The Bertz CT molecular complexity index is 654. The van der Waals surface area contributed by atoms with Crippen LogP contribution in [0.1, 0.15) is 69.1 Å². The number of nitrogens with zero attached hydrogens (tertiary/aromatic N) is 3. The monoisotopic (exact) mass is 326 g/mol. The lowest BCUT2D eigenvalue weighted by atomic mass is 10.2. The molecule has 1 aliphatic heterocycles. The molecule has 1 aliphatic carbocycles. The molecule has 5 heteroatoms. The van der Waals surface area contributed by atoms with Crippen LogP contribution < -0.4 is 10.2 Å². The number of rotatable bonds is 5. The lowest BCUT2D eigenvalue weighted by molar-refractivity contribution is 0.363. The molecule has 2 heterocycles. The molecular formula is C19H26N4O. The average molecular weight is 326 g/mol. The molecule has 0 spiro atoms. The van der Waals surface area contributed by atoms with Gasteiger partial charge < -0.3 is 14.7 Å². The van der Waals surface area contributed by atoms with Crippen molar-refractivity contribution in [2.24, 2.45) is 0 Å². The summed E-state index contributed by atoms with van der Waals surface area (Å²) >= 11 is 0. The van der Waals surface area contributed by atoms with Gasteiger partial charge in [-0.25, -0.2) is 0 Å². The van der Waals surface area contributed by atoms with Gasteiger partial charge in [-0.2, -0.15) is 4.98 Å². The first-order valence-electron chi connectivity index (χ1n) is 9.24. The number of nitrogens with one attached hydrogen (secondary N) is 1. The molecule has 1 aromatic carbocycles. The van der Waals surface area contributed by atoms with Gasteiger partial charge in [0.2, 0.25) is 5.89 Å². The van der Waals surface area contributed by atoms with Crippen LogP contribution in [-0.2, 0) is 0 Å². The van der Waals surface area contributed by atoms with E-state index in [9.17, 15) is 0 Å². The maximum Gasteiger partial charge on any atom is 0.248 e. The number of benzene rings is 1. The van der Waals surface area contributed by atoms with Gasteiger partial charge in [-0.05, 0) is 56.9 Å². The molecule has 2 aromatic rings. The van der Waals surface area contributed by atoms with Crippen LogP contribution in [0.4, 0.5) is 11.4 Å². The van der Waals surface area contributed by atoms with Crippen molar-refractivity contribution >= 4 is 11.4 Å². The van der Waals surface area contributed by atoms with E-state index in [4.69, 9.17) is 4.52 Å². The molecule has 24 heavy (non-hydrogen) atoms. The van der Waals surface area contributed by atoms with Crippen molar-refractivity contribution in [2.45, 2.75) is 57.4 Å². The lowest BCUT2D eigenvalue weighted by Gasteiger charge is -2.23. The zero-order valence-corrected chi connectivity index (χ0v) is 14.4. The molecule has 1 saturated heterocycles. The third-order valence-corrected chi connectivity index (χ3v) is 4.99. The van der Waals surface area contributed by atoms with Crippen molar-refractivity contribution < 1.29 is 4.52 Å². The van der Waals surface area contributed by atoms with Gasteiger partial charge in [0.15, 0.2) is 5.82 Å². The van der Waals surface area contributed by atoms with Crippen LogP contribution in [0.3, 0.4) is 0 Å². The zero-order valence-electron chi connectivity index (χ0n) is 14.4. The molecule has 128 valence electrons. The van der Waals surface area contributed by atoms with Crippen LogP contribution in [0.15, 0.2) is 28.8 Å². The Morgan fingerprint density at radius 3 is 2.46 bits per heavy atom. The van der Waals surface area contributed by atoms with Gasteiger partial charge >= 0.3 is 0 Å². The third-order valence-electron chi connectivity index (χ3n) is 4.99. The summed E-state index contributed by atoms with van der Waals surface area (Å²) in [5, 5.41) is 7.55. The van der Waals surface area contributed by atoms with Crippen LogP contribution in [0.2, 0.25) is 0 Å². The van der Waals surface area contributed by atoms with E-state index in [-0.39, 0.29) is 6.04 Å². The Kier molecular flexibility index (Phi) is 4.41. The average Bonchev–Trinajstić information content (AvgIpc) is 3.39. The number of hydrogen-bond donors (Lipinski definition) is 1. The fourth-order valence-electron chi connectivity index (χ4n) is 3.34. The maximum absolute atomic E-state index is 5.40. The highest BCUT2D eigenvalue weighted by Crippen LogP contribution is 2.38. The second kappa shape index (κ2) is 6.83. The van der Waals surface area contributed by atoms with Gasteiger partial charge in [0.05, 0.1) is 0 Å². The Balaban J connectivity index is 1.38. The molecule has 0 radical (unpaired) electrons. The summed E-state index contributed by atoms with van der Waals surface area (Å²) in [5.74, 6) is 2.08. The van der Waals surface area contributed by atoms with Crippen molar-refractivity contribution in [3.8, 4) is 0 Å². The van der Waals surface area contributed by atoms with Gasteiger partial charge in [0.1, 0.15) is 6.04 Å². The molecule has 0 bridgehead atoms. The van der Waals surface area contributed by atoms with Gasteiger partial charge in [-0.1, -0.05) is 18.0 Å². The summed E-state index contributed by atoms with van der Waals surface area (Å²) in [6.45, 7) is 4.41. The van der Waals surface area contributed by atoms with Crippen molar-refractivity contribution in [1.29, 1.82) is 0 Å². The third kappa shape index (κ3) is 3.55. The fourth-order valence-corrected chi connectivity index (χ4v) is 3.34. The van der Waals surface area contributed by atoms with Crippen LogP contribution >= 0.6 is 0 Å².